The van der Waals surface area contributed by atoms with Crippen LogP contribution in [0.5, 0.6) is 0 Å². The summed E-state index contributed by atoms with van der Waals surface area (Å²) in [5.41, 5.74) is 0. The molecule has 0 bridgehead atoms. The molecule has 2 nitrogen and oxygen atoms in total. The third-order valence-corrected chi connectivity index (χ3v) is 2.32. The average Bonchev–Trinajstić information content (AvgIpc) is 2.77. The van der Waals surface area contributed by atoms with Gasteiger partial charge in [-0.15, -0.1) is 0 Å². The highest BCUT2D eigenvalue weighted by Crippen LogP contribution is 2.32. The van der Waals surface area contributed by atoms with Crippen LogP contribution >= 0.6 is 0 Å². The van der Waals surface area contributed by atoms with Gasteiger partial charge in [0.15, 0.2) is 0 Å². The van der Waals surface area contributed by atoms with Crippen molar-refractivity contribution in [1.82, 2.24) is 5.32 Å². The molecular formula is C9H16N2. The van der Waals surface area contributed by atoms with Crippen molar-refractivity contribution >= 4 is 0 Å². The zero-order valence-electron chi connectivity index (χ0n) is 7.14. The molecule has 1 saturated carbocycles. The van der Waals surface area contributed by atoms with Crippen LogP contribution in [0.25, 0.3) is 0 Å². The predicted octanol–water partition coefficient (Wildman–Crippen LogP) is 1.68. The van der Waals surface area contributed by atoms with E-state index in [1.54, 1.807) is 0 Å². The second kappa shape index (κ2) is 4.35. The smallest absolute Gasteiger partial charge is 0.0622 e. The van der Waals surface area contributed by atoms with Crippen LogP contribution in [0, 0.1) is 17.2 Å². The summed E-state index contributed by atoms with van der Waals surface area (Å²) in [6.45, 7) is 3.26. The van der Waals surface area contributed by atoms with E-state index in [4.69, 9.17) is 5.26 Å². The minimum absolute atomic E-state index is 0.691. The lowest BCUT2D eigenvalue weighted by atomic mass is 10.3. The van der Waals surface area contributed by atoms with E-state index in [9.17, 15) is 0 Å². The number of hydrogen-bond acceptors (Lipinski definition) is 2. The fraction of sp³-hybridized carbons (Fsp3) is 0.889. The normalized spacial score (nSPS) is 28.0. The topological polar surface area (TPSA) is 35.8 Å². The van der Waals surface area contributed by atoms with E-state index >= 15 is 0 Å². The Bertz CT molecular complexity index is 148. The van der Waals surface area contributed by atoms with Gasteiger partial charge in [0.2, 0.25) is 0 Å². The van der Waals surface area contributed by atoms with E-state index in [0.29, 0.717) is 6.42 Å². The van der Waals surface area contributed by atoms with Crippen LogP contribution in [0.4, 0.5) is 0 Å². The minimum atomic E-state index is 0.691. The Labute approximate surface area is 68.6 Å². The number of nitrogens with one attached hydrogen (secondary N) is 1. The quantitative estimate of drug-likeness (QED) is 0.608. The van der Waals surface area contributed by atoms with Crippen LogP contribution in [0.1, 0.15) is 32.6 Å². The second-order valence-corrected chi connectivity index (χ2v) is 3.23. The maximum Gasteiger partial charge on any atom is 0.0622 e. The number of rotatable bonds is 5. The summed E-state index contributed by atoms with van der Waals surface area (Å²) >= 11 is 0. The summed E-state index contributed by atoms with van der Waals surface area (Å²) in [4.78, 5) is 0. The van der Waals surface area contributed by atoms with Gasteiger partial charge in [0.1, 0.15) is 0 Å². The largest absolute Gasteiger partial charge is 0.314 e. The summed E-state index contributed by atoms with van der Waals surface area (Å²) < 4.78 is 0. The third kappa shape index (κ3) is 2.90. The molecule has 0 aliphatic heterocycles. The Morgan fingerprint density at radius 2 is 2.45 bits per heavy atom. The van der Waals surface area contributed by atoms with Crippen LogP contribution in [0.2, 0.25) is 0 Å². The van der Waals surface area contributed by atoms with Gasteiger partial charge >= 0.3 is 0 Å². The number of hydrogen-bond donors (Lipinski definition) is 1. The van der Waals surface area contributed by atoms with Gasteiger partial charge in [0.05, 0.1) is 6.07 Å². The van der Waals surface area contributed by atoms with Crippen molar-refractivity contribution in [2.75, 3.05) is 6.54 Å². The van der Waals surface area contributed by atoms with Crippen molar-refractivity contribution in [3.63, 3.8) is 0 Å². The lowest BCUT2D eigenvalue weighted by Gasteiger charge is -1.99. The molecule has 0 aromatic rings. The van der Waals surface area contributed by atoms with Crippen LogP contribution in [-0.4, -0.2) is 12.6 Å². The molecule has 1 fully saturated rings. The average molecular weight is 152 g/mol. The summed E-state index contributed by atoms with van der Waals surface area (Å²) in [5.74, 6) is 0.928. The fourth-order valence-electron chi connectivity index (χ4n) is 1.40. The lowest BCUT2D eigenvalue weighted by Crippen LogP contribution is -2.19. The molecule has 2 atom stereocenters. The van der Waals surface area contributed by atoms with Gasteiger partial charge in [-0.2, -0.15) is 5.26 Å². The molecule has 0 spiro atoms. The van der Waals surface area contributed by atoms with Crippen molar-refractivity contribution in [2.45, 2.75) is 38.6 Å². The van der Waals surface area contributed by atoms with Crippen LogP contribution in [0.3, 0.4) is 0 Å². The Morgan fingerprint density at radius 3 is 3.00 bits per heavy atom. The summed E-state index contributed by atoms with van der Waals surface area (Å²) in [6.07, 6.45) is 4.35. The van der Waals surface area contributed by atoms with Crippen molar-refractivity contribution < 1.29 is 0 Å². The van der Waals surface area contributed by atoms with Gasteiger partial charge < -0.3 is 5.32 Å². The van der Waals surface area contributed by atoms with Gasteiger partial charge in [-0.1, -0.05) is 13.3 Å². The molecule has 0 aromatic carbocycles. The number of nitrogens with zero attached hydrogens (tertiary/aromatic N) is 1. The molecule has 0 saturated heterocycles. The van der Waals surface area contributed by atoms with Crippen molar-refractivity contribution in [3.8, 4) is 6.07 Å². The van der Waals surface area contributed by atoms with Crippen LogP contribution in [0.15, 0.2) is 0 Å². The lowest BCUT2D eigenvalue weighted by molar-refractivity contribution is 0.606. The first-order valence-corrected chi connectivity index (χ1v) is 4.48. The molecule has 2 unspecified atom stereocenters. The standard InChI is InChI=1S/C9H16N2/c1-2-8-7-9(8)11-6-4-3-5-10/h8-9,11H,2-4,6-7H2,1H3. The third-order valence-electron chi connectivity index (χ3n) is 2.32. The molecule has 0 heterocycles. The maximum absolute atomic E-state index is 8.27. The first-order valence-electron chi connectivity index (χ1n) is 4.48. The molecule has 2 heteroatoms. The van der Waals surface area contributed by atoms with E-state index in [1.165, 1.54) is 12.8 Å². The Hall–Kier alpha value is -0.550. The zero-order valence-corrected chi connectivity index (χ0v) is 7.14. The van der Waals surface area contributed by atoms with Crippen LogP contribution in [-0.2, 0) is 0 Å². The van der Waals surface area contributed by atoms with Gasteiger partial charge in [-0.25, -0.2) is 0 Å². The Morgan fingerprint density at radius 1 is 1.64 bits per heavy atom. The maximum atomic E-state index is 8.27. The monoisotopic (exact) mass is 152 g/mol. The SMILES string of the molecule is CCC1CC1NCCCC#N. The minimum Gasteiger partial charge on any atom is -0.314 e. The molecule has 11 heavy (non-hydrogen) atoms. The Balaban J connectivity index is 1.86. The first-order chi connectivity index (χ1) is 5.38. The van der Waals surface area contributed by atoms with Crippen molar-refractivity contribution in [2.24, 2.45) is 5.92 Å². The van der Waals surface area contributed by atoms with E-state index in [2.05, 4.69) is 18.3 Å². The van der Waals surface area contributed by atoms with Crippen molar-refractivity contribution in [3.05, 3.63) is 0 Å². The summed E-state index contributed by atoms with van der Waals surface area (Å²) in [7, 11) is 0. The molecule has 1 N–H and O–H groups in total. The molecule has 0 radical (unpaired) electrons. The number of unbranched alkanes of at least 4 members (excludes halogenated alkanes) is 1. The molecular weight excluding hydrogens is 136 g/mol. The summed E-state index contributed by atoms with van der Waals surface area (Å²) in [5, 5.41) is 11.7. The number of nitriles is 1. The highest BCUT2D eigenvalue weighted by molar-refractivity contribution is 4.91. The van der Waals surface area contributed by atoms with Gasteiger partial charge in [0, 0.05) is 12.5 Å². The van der Waals surface area contributed by atoms with Gasteiger partial charge in [0.25, 0.3) is 0 Å². The predicted molar refractivity (Wildman–Crippen MR) is 45.0 cm³/mol. The van der Waals surface area contributed by atoms with E-state index < -0.39 is 0 Å². The first kappa shape index (κ1) is 8.55. The van der Waals surface area contributed by atoms with Gasteiger partial charge in [-0.05, 0) is 25.3 Å². The second-order valence-electron chi connectivity index (χ2n) is 3.23. The Kier molecular flexibility index (Phi) is 3.38. The highest BCUT2D eigenvalue weighted by atomic mass is 15.0. The van der Waals surface area contributed by atoms with Gasteiger partial charge in [-0.3, -0.25) is 0 Å². The van der Waals surface area contributed by atoms with E-state index in [-0.39, 0.29) is 0 Å². The van der Waals surface area contributed by atoms with E-state index in [1.807, 2.05) is 0 Å². The van der Waals surface area contributed by atoms with Crippen LogP contribution < -0.4 is 5.32 Å². The zero-order chi connectivity index (χ0) is 8.10. The van der Waals surface area contributed by atoms with E-state index in [0.717, 1.165) is 24.9 Å². The summed E-state index contributed by atoms with van der Waals surface area (Å²) in [6, 6.07) is 2.92. The highest BCUT2D eigenvalue weighted by Gasteiger charge is 2.34. The fourth-order valence-corrected chi connectivity index (χ4v) is 1.40. The molecule has 1 rings (SSSR count). The molecule has 0 aromatic heterocycles. The molecule has 0 amide bonds. The molecule has 1 aliphatic rings. The molecule has 1 aliphatic carbocycles. The molecule has 62 valence electrons. The van der Waals surface area contributed by atoms with Crippen molar-refractivity contribution in [1.29, 1.82) is 5.26 Å².